The molecule has 0 atom stereocenters. The largest absolute Gasteiger partial charge is 0.478 e. The molecule has 0 radical (unpaired) electrons. The first-order valence-corrected chi connectivity index (χ1v) is 3.93. The molecule has 0 saturated carbocycles. The summed E-state index contributed by atoms with van der Waals surface area (Å²) >= 11 is 0. The van der Waals surface area contributed by atoms with Gasteiger partial charge in [-0.1, -0.05) is 12.1 Å². The number of halogens is 2. The standard InChI is InChI=1S/C10H8F2O2/c11-8-5-4-7(6-9(8)12)2-1-3-10(13)14/h1,3-6H,2H2,(H,13,14)/b3-1+. The Bertz CT molecular complexity index is 372. The molecule has 0 aliphatic heterocycles. The van der Waals surface area contributed by atoms with Crippen LogP contribution in [0.3, 0.4) is 0 Å². The van der Waals surface area contributed by atoms with E-state index < -0.39 is 17.6 Å². The molecule has 0 spiro atoms. The van der Waals surface area contributed by atoms with Crippen molar-refractivity contribution in [3.63, 3.8) is 0 Å². The van der Waals surface area contributed by atoms with E-state index >= 15 is 0 Å². The first kappa shape index (κ1) is 10.4. The van der Waals surface area contributed by atoms with Gasteiger partial charge >= 0.3 is 5.97 Å². The van der Waals surface area contributed by atoms with Gasteiger partial charge in [0.05, 0.1) is 0 Å². The van der Waals surface area contributed by atoms with Crippen molar-refractivity contribution in [1.82, 2.24) is 0 Å². The van der Waals surface area contributed by atoms with E-state index in [1.54, 1.807) is 0 Å². The SMILES string of the molecule is O=C(O)/C=C/Cc1ccc(F)c(F)c1. The lowest BCUT2D eigenvalue weighted by Gasteiger charge is -1.97. The Morgan fingerprint density at radius 2 is 2.07 bits per heavy atom. The minimum Gasteiger partial charge on any atom is -0.478 e. The van der Waals surface area contributed by atoms with Crippen molar-refractivity contribution in [2.24, 2.45) is 0 Å². The number of hydrogen-bond acceptors (Lipinski definition) is 1. The molecule has 1 rings (SSSR count). The second kappa shape index (κ2) is 4.50. The van der Waals surface area contributed by atoms with E-state index in [1.165, 1.54) is 12.1 Å². The smallest absolute Gasteiger partial charge is 0.327 e. The molecule has 0 aliphatic carbocycles. The predicted octanol–water partition coefficient (Wildman–Crippen LogP) is 2.15. The van der Waals surface area contributed by atoms with Crippen LogP contribution in [0.4, 0.5) is 8.78 Å². The summed E-state index contributed by atoms with van der Waals surface area (Å²) in [6, 6.07) is 3.46. The summed E-state index contributed by atoms with van der Waals surface area (Å²) in [5.41, 5.74) is 0.529. The summed E-state index contributed by atoms with van der Waals surface area (Å²) < 4.78 is 25.1. The maximum Gasteiger partial charge on any atom is 0.327 e. The van der Waals surface area contributed by atoms with Crippen LogP contribution in [-0.4, -0.2) is 11.1 Å². The van der Waals surface area contributed by atoms with Crippen molar-refractivity contribution in [2.75, 3.05) is 0 Å². The van der Waals surface area contributed by atoms with Crippen LogP contribution in [0, 0.1) is 11.6 Å². The average Bonchev–Trinajstić information content (AvgIpc) is 2.10. The van der Waals surface area contributed by atoms with Crippen molar-refractivity contribution in [1.29, 1.82) is 0 Å². The van der Waals surface area contributed by atoms with E-state index in [-0.39, 0.29) is 6.42 Å². The van der Waals surface area contributed by atoms with Crippen LogP contribution in [0.2, 0.25) is 0 Å². The predicted molar refractivity (Wildman–Crippen MR) is 46.8 cm³/mol. The van der Waals surface area contributed by atoms with Crippen LogP contribution in [0.1, 0.15) is 5.56 Å². The number of hydrogen-bond donors (Lipinski definition) is 1. The summed E-state index contributed by atoms with van der Waals surface area (Å²) in [4.78, 5) is 10.1. The quantitative estimate of drug-likeness (QED) is 0.755. The van der Waals surface area contributed by atoms with Gasteiger partial charge in [0.1, 0.15) is 0 Å². The number of benzene rings is 1. The fraction of sp³-hybridized carbons (Fsp3) is 0.100. The monoisotopic (exact) mass is 198 g/mol. The van der Waals surface area contributed by atoms with Crippen LogP contribution in [0.15, 0.2) is 30.4 Å². The highest BCUT2D eigenvalue weighted by Gasteiger charge is 2.00. The highest BCUT2D eigenvalue weighted by atomic mass is 19.2. The van der Waals surface area contributed by atoms with Gasteiger partial charge in [0, 0.05) is 6.08 Å². The number of allylic oxidation sites excluding steroid dienone is 1. The first-order chi connectivity index (χ1) is 6.59. The Morgan fingerprint density at radius 1 is 1.36 bits per heavy atom. The van der Waals surface area contributed by atoms with E-state index in [9.17, 15) is 13.6 Å². The minimum absolute atomic E-state index is 0.267. The molecule has 0 amide bonds. The number of carboxylic acids is 1. The van der Waals surface area contributed by atoms with Crippen LogP contribution >= 0.6 is 0 Å². The Kier molecular flexibility index (Phi) is 3.34. The van der Waals surface area contributed by atoms with Gasteiger partial charge in [-0.05, 0) is 24.1 Å². The van der Waals surface area contributed by atoms with Crippen LogP contribution in [0.25, 0.3) is 0 Å². The number of rotatable bonds is 3. The molecule has 1 N–H and O–H groups in total. The number of aliphatic carboxylic acids is 1. The van der Waals surface area contributed by atoms with E-state index in [2.05, 4.69) is 0 Å². The molecule has 1 aromatic rings. The van der Waals surface area contributed by atoms with Gasteiger partial charge in [-0.3, -0.25) is 0 Å². The first-order valence-electron chi connectivity index (χ1n) is 3.93. The highest BCUT2D eigenvalue weighted by molar-refractivity contribution is 5.79. The third-order valence-electron chi connectivity index (χ3n) is 1.60. The third-order valence-corrected chi connectivity index (χ3v) is 1.60. The molecule has 4 heteroatoms. The lowest BCUT2D eigenvalue weighted by atomic mass is 10.1. The van der Waals surface area contributed by atoms with Crippen LogP contribution in [-0.2, 0) is 11.2 Å². The molecule has 0 bridgehead atoms. The molecule has 0 aromatic heterocycles. The summed E-state index contributed by atoms with van der Waals surface area (Å²) in [6.45, 7) is 0. The second-order valence-corrected chi connectivity index (χ2v) is 2.69. The van der Waals surface area contributed by atoms with Gasteiger partial charge in [-0.15, -0.1) is 0 Å². The second-order valence-electron chi connectivity index (χ2n) is 2.69. The summed E-state index contributed by atoms with van der Waals surface area (Å²) in [5, 5.41) is 8.27. The van der Waals surface area contributed by atoms with Crippen molar-refractivity contribution in [3.05, 3.63) is 47.5 Å². The van der Waals surface area contributed by atoms with Gasteiger partial charge in [0.15, 0.2) is 11.6 Å². The summed E-state index contributed by atoms with van der Waals surface area (Å²) in [7, 11) is 0. The lowest BCUT2D eigenvalue weighted by Crippen LogP contribution is -1.90. The molecule has 0 saturated heterocycles. The summed E-state index contributed by atoms with van der Waals surface area (Å²) in [6.07, 6.45) is 2.60. The molecule has 2 nitrogen and oxygen atoms in total. The number of carbonyl (C=O) groups is 1. The molecule has 0 heterocycles. The molecule has 0 unspecified atom stereocenters. The zero-order valence-electron chi connectivity index (χ0n) is 7.21. The van der Waals surface area contributed by atoms with E-state index in [0.717, 1.165) is 18.2 Å². The van der Waals surface area contributed by atoms with Crippen molar-refractivity contribution >= 4 is 5.97 Å². The molecular weight excluding hydrogens is 190 g/mol. The van der Waals surface area contributed by atoms with Crippen LogP contribution < -0.4 is 0 Å². The maximum absolute atomic E-state index is 12.6. The molecule has 0 fully saturated rings. The topological polar surface area (TPSA) is 37.3 Å². The zero-order valence-corrected chi connectivity index (χ0v) is 7.21. The minimum atomic E-state index is -1.06. The highest BCUT2D eigenvalue weighted by Crippen LogP contribution is 2.09. The van der Waals surface area contributed by atoms with E-state index in [4.69, 9.17) is 5.11 Å². The van der Waals surface area contributed by atoms with Gasteiger partial charge < -0.3 is 5.11 Å². The maximum atomic E-state index is 12.6. The van der Waals surface area contributed by atoms with Crippen LogP contribution in [0.5, 0.6) is 0 Å². The van der Waals surface area contributed by atoms with Gasteiger partial charge in [0.25, 0.3) is 0 Å². The number of carboxylic acid groups (broad SMARTS) is 1. The molecular formula is C10H8F2O2. The fourth-order valence-electron chi connectivity index (χ4n) is 0.962. The zero-order chi connectivity index (χ0) is 10.6. The molecule has 14 heavy (non-hydrogen) atoms. The van der Waals surface area contributed by atoms with E-state index in [1.807, 2.05) is 0 Å². The Balaban J connectivity index is 2.69. The lowest BCUT2D eigenvalue weighted by molar-refractivity contribution is -0.131. The Labute approximate surface area is 79.5 Å². The normalized spacial score (nSPS) is 10.7. The molecule has 0 aliphatic rings. The Hall–Kier alpha value is -1.71. The van der Waals surface area contributed by atoms with Gasteiger partial charge in [-0.25, -0.2) is 13.6 Å². The van der Waals surface area contributed by atoms with Crippen molar-refractivity contribution in [3.8, 4) is 0 Å². The Morgan fingerprint density at radius 3 is 2.64 bits per heavy atom. The molecule has 74 valence electrons. The van der Waals surface area contributed by atoms with Gasteiger partial charge in [0.2, 0.25) is 0 Å². The van der Waals surface area contributed by atoms with E-state index in [0.29, 0.717) is 5.56 Å². The van der Waals surface area contributed by atoms with Crippen molar-refractivity contribution in [2.45, 2.75) is 6.42 Å². The molecule has 1 aromatic carbocycles. The summed E-state index contributed by atoms with van der Waals surface area (Å²) in [5.74, 6) is -2.89. The average molecular weight is 198 g/mol. The van der Waals surface area contributed by atoms with Gasteiger partial charge in [-0.2, -0.15) is 0 Å². The van der Waals surface area contributed by atoms with Crippen molar-refractivity contribution < 1.29 is 18.7 Å². The fourth-order valence-corrected chi connectivity index (χ4v) is 0.962. The third kappa shape index (κ3) is 2.97.